The van der Waals surface area contributed by atoms with Crippen molar-refractivity contribution in [3.05, 3.63) is 24.0 Å². The van der Waals surface area contributed by atoms with E-state index in [1.54, 1.807) is 18.3 Å². The van der Waals surface area contributed by atoms with E-state index in [1.165, 1.54) is 13.8 Å². The Bertz CT molecular complexity index is 404. The second-order valence-corrected chi connectivity index (χ2v) is 4.36. The van der Waals surface area contributed by atoms with Crippen molar-refractivity contribution in [2.45, 2.75) is 26.8 Å². The first kappa shape index (κ1) is 13.1. The third-order valence-corrected chi connectivity index (χ3v) is 2.28. The van der Waals surface area contributed by atoms with E-state index in [0.29, 0.717) is 5.69 Å². The van der Waals surface area contributed by atoms with Crippen LogP contribution >= 0.6 is 0 Å². The Morgan fingerprint density at radius 2 is 2.18 bits per heavy atom. The molecule has 0 aromatic carbocycles. The predicted octanol–water partition coefficient (Wildman–Crippen LogP) is 0.594. The maximum Gasteiger partial charge on any atom is 0.309 e. The fourth-order valence-electron chi connectivity index (χ4n) is 1.16. The Morgan fingerprint density at radius 1 is 1.47 bits per heavy atom. The van der Waals surface area contributed by atoms with Crippen LogP contribution in [0.3, 0.4) is 0 Å². The van der Waals surface area contributed by atoms with Crippen LogP contribution in [0.1, 0.15) is 26.0 Å². The van der Waals surface area contributed by atoms with Crippen LogP contribution in [-0.4, -0.2) is 27.2 Å². The first-order valence-electron chi connectivity index (χ1n) is 5.18. The molecule has 0 aliphatic rings. The van der Waals surface area contributed by atoms with Gasteiger partial charge in [0, 0.05) is 12.6 Å². The van der Waals surface area contributed by atoms with Gasteiger partial charge in [0.2, 0.25) is 5.91 Å². The molecule has 6 heteroatoms. The van der Waals surface area contributed by atoms with E-state index in [0.717, 1.165) is 0 Å². The molecule has 0 spiro atoms. The van der Waals surface area contributed by atoms with E-state index < -0.39 is 11.4 Å². The van der Waals surface area contributed by atoms with E-state index in [4.69, 9.17) is 5.11 Å². The summed E-state index contributed by atoms with van der Waals surface area (Å²) < 4.78 is 0. The summed E-state index contributed by atoms with van der Waals surface area (Å²) >= 11 is 0. The molecule has 1 rings (SSSR count). The molecule has 0 saturated heterocycles. The number of carbonyl (C=O) groups is 2. The molecule has 1 heterocycles. The van der Waals surface area contributed by atoms with Gasteiger partial charge in [0.25, 0.3) is 0 Å². The average molecular weight is 237 g/mol. The molecule has 0 aliphatic carbocycles. The molecule has 1 amide bonds. The van der Waals surface area contributed by atoms with Crippen molar-refractivity contribution in [3.8, 4) is 0 Å². The summed E-state index contributed by atoms with van der Waals surface area (Å²) in [7, 11) is 0. The van der Waals surface area contributed by atoms with Crippen LogP contribution in [0, 0.1) is 5.41 Å². The molecule has 0 bridgehead atoms. The first-order chi connectivity index (χ1) is 7.92. The molecule has 6 nitrogen and oxygen atoms in total. The van der Waals surface area contributed by atoms with Crippen LogP contribution in [-0.2, 0) is 16.1 Å². The van der Waals surface area contributed by atoms with Crippen LogP contribution in [0.2, 0.25) is 0 Å². The van der Waals surface area contributed by atoms with Crippen molar-refractivity contribution in [1.82, 2.24) is 15.5 Å². The number of hydrogen-bond donors (Lipinski definition) is 2. The number of carboxylic acid groups (broad SMARTS) is 1. The lowest BCUT2D eigenvalue weighted by Crippen LogP contribution is -2.33. The molecule has 1 aromatic rings. The Morgan fingerprint density at radius 3 is 2.71 bits per heavy atom. The second-order valence-electron chi connectivity index (χ2n) is 4.36. The lowest BCUT2D eigenvalue weighted by molar-refractivity contribution is -0.149. The number of carboxylic acids is 1. The molecular weight excluding hydrogens is 222 g/mol. The molecule has 1 aromatic heterocycles. The number of rotatable bonds is 5. The Hall–Kier alpha value is -1.98. The number of hydrogen-bond acceptors (Lipinski definition) is 4. The van der Waals surface area contributed by atoms with E-state index in [2.05, 4.69) is 15.5 Å². The molecule has 0 saturated carbocycles. The smallest absolute Gasteiger partial charge is 0.309 e. The molecule has 17 heavy (non-hydrogen) atoms. The standard InChI is InChI=1S/C11H15N3O3/c1-11(2,10(16)17)6-9(15)12-7-8-4-3-5-13-14-8/h3-5H,6-7H2,1-2H3,(H,12,15)(H,16,17). The number of aromatic nitrogens is 2. The molecule has 2 N–H and O–H groups in total. The Balaban J connectivity index is 2.44. The molecule has 92 valence electrons. The highest BCUT2D eigenvalue weighted by Gasteiger charge is 2.29. The van der Waals surface area contributed by atoms with Gasteiger partial charge in [0.05, 0.1) is 17.7 Å². The zero-order chi connectivity index (χ0) is 12.9. The van der Waals surface area contributed by atoms with Crippen molar-refractivity contribution < 1.29 is 14.7 Å². The zero-order valence-corrected chi connectivity index (χ0v) is 9.80. The molecule has 0 unspecified atom stereocenters. The van der Waals surface area contributed by atoms with Crippen molar-refractivity contribution >= 4 is 11.9 Å². The maximum absolute atomic E-state index is 11.5. The number of carbonyl (C=O) groups excluding carboxylic acids is 1. The van der Waals surface area contributed by atoms with Gasteiger partial charge < -0.3 is 10.4 Å². The highest BCUT2D eigenvalue weighted by Crippen LogP contribution is 2.19. The summed E-state index contributed by atoms with van der Waals surface area (Å²) in [6.07, 6.45) is 1.47. The first-order valence-corrected chi connectivity index (χ1v) is 5.18. The van der Waals surface area contributed by atoms with Crippen LogP contribution in [0.5, 0.6) is 0 Å². The van der Waals surface area contributed by atoms with Crippen molar-refractivity contribution in [3.63, 3.8) is 0 Å². The largest absolute Gasteiger partial charge is 0.481 e. The quantitative estimate of drug-likeness (QED) is 0.782. The third kappa shape index (κ3) is 4.18. The lowest BCUT2D eigenvalue weighted by atomic mass is 9.89. The topological polar surface area (TPSA) is 92.2 Å². The van der Waals surface area contributed by atoms with Gasteiger partial charge in [0.15, 0.2) is 0 Å². The maximum atomic E-state index is 11.5. The monoisotopic (exact) mass is 237 g/mol. The average Bonchev–Trinajstić information content (AvgIpc) is 2.27. The van der Waals surface area contributed by atoms with Crippen molar-refractivity contribution in [1.29, 1.82) is 0 Å². The fraction of sp³-hybridized carbons (Fsp3) is 0.455. The minimum Gasteiger partial charge on any atom is -0.481 e. The summed E-state index contributed by atoms with van der Waals surface area (Å²) in [4.78, 5) is 22.3. The summed E-state index contributed by atoms with van der Waals surface area (Å²) in [6.45, 7) is 3.27. The van der Waals surface area contributed by atoms with Gasteiger partial charge in [-0.25, -0.2) is 0 Å². The van der Waals surface area contributed by atoms with Crippen molar-refractivity contribution in [2.24, 2.45) is 5.41 Å². The van der Waals surface area contributed by atoms with Gasteiger partial charge in [-0.3, -0.25) is 9.59 Å². The molecule has 0 aliphatic heterocycles. The zero-order valence-electron chi connectivity index (χ0n) is 9.80. The normalized spacial score (nSPS) is 10.9. The van der Waals surface area contributed by atoms with Gasteiger partial charge >= 0.3 is 5.97 Å². The highest BCUT2D eigenvalue weighted by atomic mass is 16.4. The highest BCUT2D eigenvalue weighted by molar-refractivity contribution is 5.84. The van der Waals surface area contributed by atoms with E-state index in [9.17, 15) is 9.59 Å². The molecule has 0 fully saturated rings. The summed E-state index contributed by atoms with van der Waals surface area (Å²) in [5, 5.41) is 18.9. The van der Waals surface area contributed by atoms with Gasteiger partial charge in [-0.1, -0.05) is 0 Å². The van der Waals surface area contributed by atoms with E-state index in [1.807, 2.05) is 0 Å². The number of nitrogens with zero attached hydrogens (tertiary/aromatic N) is 2. The van der Waals surface area contributed by atoms with E-state index in [-0.39, 0.29) is 18.9 Å². The molecule has 0 atom stereocenters. The van der Waals surface area contributed by atoms with Gasteiger partial charge in [-0.05, 0) is 26.0 Å². The van der Waals surface area contributed by atoms with Crippen molar-refractivity contribution in [2.75, 3.05) is 0 Å². The number of aliphatic carboxylic acids is 1. The summed E-state index contributed by atoms with van der Waals surface area (Å²) in [5.74, 6) is -1.31. The summed E-state index contributed by atoms with van der Waals surface area (Å²) in [6, 6.07) is 3.45. The molecule has 0 radical (unpaired) electrons. The minimum atomic E-state index is -1.06. The van der Waals surface area contributed by atoms with Gasteiger partial charge in [0.1, 0.15) is 0 Å². The van der Waals surface area contributed by atoms with Crippen LogP contribution in [0.15, 0.2) is 18.3 Å². The van der Waals surface area contributed by atoms with Gasteiger partial charge in [-0.2, -0.15) is 10.2 Å². The second kappa shape index (κ2) is 5.38. The van der Waals surface area contributed by atoms with Crippen LogP contribution in [0.25, 0.3) is 0 Å². The van der Waals surface area contributed by atoms with Gasteiger partial charge in [-0.15, -0.1) is 0 Å². The minimum absolute atomic E-state index is 0.0669. The SMILES string of the molecule is CC(C)(CC(=O)NCc1cccnn1)C(=O)O. The number of nitrogens with one attached hydrogen (secondary N) is 1. The Kier molecular flexibility index (Phi) is 4.14. The van der Waals surface area contributed by atoms with Crippen LogP contribution in [0.4, 0.5) is 0 Å². The van der Waals surface area contributed by atoms with Crippen LogP contribution < -0.4 is 5.32 Å². The number of amides is 1. The summed E-state index contributed by atoms with van der Waals surface area (Å²) in [5.41, 5.74) is -0.430. The Labute approximate surface area is 99.1 Å². The third-order valence-electron chi connectivity index (χ3n) is 2.28. The van der Waals surface area contributed by atoms with E-state index >= 15 is 0 Å². The predicted molar refractivity (Wildman–Crippen MR) is 59.9 cm³/mol. The lowest BCUT2D eigenvalue weighted by Gasteiger charge is -2.17. The fourth-order valence-corrected chi connectivity index (χ4v) is 1.16. The molecular formula is C11H15N3O3.